The van der Waals surface area contributed by atoms with Crippen molar-refractivity contribution in [2.45, 2.75) is 82.9 Å². The van der Waals surface area contributed by atoms with Gasteiger partial charge < -0.3 is 24.8 Å². The van der Waals surface area contributed by atoms with Gasteiger partial charge in [0.25, 0.3) is 0 Å². The van der Waals surface area contributed by atoms with E-state index in [9.17, 15) is 15.0 Å². The Morgan fingerprint density at radius 2 is 1.71 bits per heavy atom. The van der Waals surface area contributed by atoms with Gasteiger partial charge in [-0.3, -0.25) is 4.79 Å². The van der Waals surface area contributed by atoms with E-state index >= 15 is 0 Å². The van der Waals surface area contributed by atoms with E-state index in [1.165, 1.54) is 0 Å². The summed E-state index contributed by atoms with van der Waals surface area (Å²) >= 11 is 0. The van der Waals surface area contributed by atoms with Gasteiger partial charge in [-0.1, -0.05) is 25.7 Å². The van der Waals surface area contributed by atoms with Gasteiger partial charge in [0.1, 0.15) is 6.10 Å². The topological polar surface area (TPSA) is 96.2 Å². The van der Waals surface area contributed by atoms with Gasteiger partial charge in [0, 0.05) is 19.4 Å². The molecule has 1 rings (SSSR count). The van der Waals surface area contributed by atoms with Crippen molar-refractivity contribution in [1.82, 2.24) is 0 Å². The van der Waals surface area contributed by atoms with Crippen LogP contribution in [0.2, 0.25) is 0 Å². The fourth-order valence-corrected chi connectivity index (χ4v) is 2.38. The predicted molar refractivity (Wildman–Crippen MR) is 76.9 cm³/mol. The molecule has 6 nitrogen and oxygen atoms in total. The molecule has 0 spiro atoms. The van der Waals surface area contributed by atoms with E-state index in [0.717, 1.165) is 38.5 Å². The van der Waals surface area contributed by atoms with Crippen LogP contribution < -0.4 is 0 Å². The van der Waals surface area contributed by atoms with Crippen molar-refractivity contribution < 1.29 is 29.6 Å². The summed E-state index contributed by atoms with van der Waals surface area (Å²) in [6, 6.07) is 0. The molecule has 3 unspecified atom stereocenters. The number of carboxylic acid groups (broad SMARTS) is 1. The molecule has 0 aromatic rings. The smallest absolute Gasteiger partial charge is 0.303 e. The van der Waals surface area contributed by atoms with E-state index in [2.05, 4.69) is 0 Å². The zero-order valence-electron chi connectivity index (χ0n) is 12.7. The van der Waals surface area contributed by atoms with Gasteiger partial charge in [0.05, 0.1) is 12.2 Å². The van der Waals surface area contributed by atoms with Crippen LogP contribution in [0.25, 0.3) is 0 Å². The highest BCUT2D eigenvalue weighted by atomic mass is 16.7. The van der Waals surface area contributed by atoms with E-state index in [4.69, 9.17) is 14.6 Å². The minimum absolute atomic E-state index is 0.254. The summed E-state index contributed by atoms with van der Waals surface area (Å²) in [7, 11) is 0. The standard InChI is InChI=1S/C15H28O6/c1-11-12(16)10-13(17)15(21-11)20-9-7-5-3-2-4-6-8-14(18)19/h11-13,15-17H,2-10H2,1H3,(H,18,19)/t11?,12?,13-,15?/m0/s1. The molecule has 1 fully saturated rings. The third-order valence-electron chi connectivity index (χ3n) is 3.75. The van der Waals surface area contributed by atoms with Crippen molar-refractivity contribution >= 4 is 5.97 Å². The molecular weight excluding hydrogens is 276 g/mol. The Labute approximate surface area is 126 Å². The van der Waals surface area contributed by atoms with Crippen LogP contribution in [0.4, 0.5) is 0 Å². The summed E-state index contributed by atoms with van der Waals surface area (Å²) in [5.74, 6) is -0.728. The van der Waals surface area contributed by atoms with Crippen molar-refractivity contribution in [1.29, 1.82) is 0 Å². The number of aliphatic hydroxyl groups excluding tert-OH is 2. The molecule has 1 saturated heterocycles. The molecule has 1 aliphatic rings. The van der Waals surface area contributed by atoms with E-state index in [1.54, 1.807) is 6.92 Å². The number of hydrogen-bond donors (Lipinski definition) is 3. The number of rotatable bonds is 10. The summed E-state index contributed by atoms with van der Waals surface area (Å²) in [6.07, 6.45) is 3.90. The zero-order valence-corrected chi connectivity index (χ0v) is 12.7. The first-order chi connectivity index (χ1) is 10.0. The molecule has 6 heteroatoms. The molecule has 0 saturated carbocycles. The molecular formula is C15H28O6. The fourth-order valence-electron chi connectivity index (χ4n) is 2.38. The first-order valence-electron chi connectivity index (χ1n) is 7.85. The second-order valence-corrected chi connectivity index (χ2v) is 5.72. The third kappa shape index (κ3) is 7.76. The highest BCUT2D eigenvalue weighted by molar-refractivity contribution is 5.66. The van der Waals surface area contributed by atoms with Gasteiger partial charge >= 0.3 is 5.97 Å². The maximum absolute atomic E-state index is 10.3. The summed E-state index contributed by atoms with van der Waals surface area (Å²) in [5, 5.41) is 27.8. The first-order valence-corrected chi connectivity index (χ1v) is 7.85. The fraction of sp³-hybridized carbons (Fsp3) is 0.933. The summed E-state index contributed by atoms with van der Waals surface area (Å²) < 4.78 is 10.9. The molecule has 0 radical (unpaired) electrons. The minimum Gasteiger partial charge on any atom is -0.481 e. The number of aliphatic hydroxyl groups is 2. The van der Waals surface area contributed by atoms with Crippen molar-refractivity contribution in [2.75, 3.05) is 6.61 Å². The van der Waals surface area contributed by atoms with E-state index in [-0.39, 0.29) is 18.9 Å². The van der Waals surface area contributed by atoms with E-state index in [1.807, 2.05) is 0 Å². The number of hydrogen-bond acceptors (Lipinski definition) is 5. The minimum atomic E-state index is -0.771. The Morgan fingerprint density at radius 1 is 1.10 bits per heavy atom. The van der Waals surface area contributed by atoms with Crippen molar-refractivity contribution in [2.24, 2.45) is 0 Å². The highest BCUT2D eigenvalue weighted by Gasteiger charge is 2.34. The lowest BCUT2D eigenvalue weighted by Crippen LogP contribution is -2.47. The van der Waals surface area contributed by atoms with Crippen LogP contribution in [-0.4, -0.2) is 52.5 Å². The molecule has 0 aromatic carbocycles. The normalized spacial score (nSPS) is 29.5. The largest absolute Gasteiger partial charge is 0.481 e. The molecule has 3 N–H and O–H groups in total. The zero-order chi connectivity index (χ0) is 15.7. The summed E-state index contributed by atoms with van der Waals surface area (Å²) in [6.45, 7) is 2.30. The molecule has 1 aliphatic heterocycles. The van der Waals surface area contributed by atoms with Crippen LogP contribution in [-0.2, 0) is 14.3 Å². The van der Waals surface area contributed by atoms with Gasteiger partial charge in [-0.15, -0.1) is 0 Å². The third-order valence-corrected chi connectivity index (χ3v) is 3.75. The lowest BCUT2D eigenvalue weighted by Gasteiger charge is -2.35. The number of carboxylic acids is 1. The summed E-state index contributed by atoms with van der Waals surface area (Å²) in [5.41, 5.74) is 0. The number of aliphatic carboxylic acids is 1. The highest BCUT2D eigenvalue weighted by Crippen LogP contribution is 2.21. The lowest BCUT2D eigenvalue weighted by molar-refractivity contribution is -0.261. The lowest BCUT2D eigenvalue weighted by atomic mass is 10.0. The Kier molecular flexibility index (Phi) is 8.84. The van der Waals surface area contributed by atoms with Crippen molar-refractivity contribution in [3.8, 4) is 0 Å². The second-order valence-electron chi connectivity index (χ2n) is 5.72. The second kappa shape index (κ2) is 10.1. The van der Waals surface area contributed by atoms with Gasteiger partial charge in [-0.05, 0) is 19.8 Å². The Bertz CT molecular complexity index is 296. The van der Waals surface area contributed by atoms with Gasteiger partial charge in [0.2, 0.25) is 0 Å². The Hall–Kier alpha value is -0.690. The quantitative estimate of drug-likeness (QED) is 0.531. The molecule has 21 heavy (non-hydrogen) atoms. The van der Waals surface area contributed by atoms with Crippen LogP contribution in [0.1, 0.15) is 58.3 Å². The number of carbonyl (C=O) groups is 1. The molecule has 0 aromatic heterocycles. The van der Waals surface area contributed by atoms with Gasteiger partial charge in [-0.25, -0.2) is 0 Å². The van der Waals surface area contributed by atoms with E-state index in [0.29, 0.717) is 6.61 Å². The number of ether oxygens (including phenoxy) is 2. The van der Waals surface area contributed by atoms with Crippen LogP contribution in [0.15, 0.2) is 0 Å². The average molecular weight is 304 g/mol. The maximum atomic E-state index is 10.3. The predicted octanol–water partition coefficient (Wildman–Crippen LogP) is 1.68. The maximum Gasteiger partial charge on any atom is 0.303 e. The van der Waals surface area contributed by atoms with Crippen LogP contribution in [0, 0.1) is 0 Å². The molecule has 0 amide bonds. The Morgan fingerprint density at radius 3 is 2.38 bits per heavy atom. The SMILES string of the molecule is CC1OC(OCCCCCCCCC(=O)O)[C@@H](O)CC1O. The molecule has 0 bridgehead atoms. The van der Waals surface area contributed by atoms with Gasteiger partial charge in [-0.2, -0.15) is 0 Å². The van der Waals surface area contributed by atoms with Crippen molar-refractivity contribution in [3.05, 3.63) is 0 Å². The van der Waals surface area contributed by atoms with Crippen LogP contribution in [0.3, 0.4) is 0 Å². The van der Waals surface area contributed by atoms with E-state index < -0.39 is 24.5 Å². The molecule has 4 atom stereocenters. The Balaban J connectivity index is 1.95. The first kappa shape index (κ1) is 18.4. The molecule has 1 heterocycles. The van der Waals surface area contributed by atoms with Crippen molar-refractivity contribution in [3.63, 3.8) is 0 Å². The average Bonchev–Trinajstić information content (AvgIpc) is 2.42. The van der Waals surface area contributed by atoms with Crippen LogP contribution in [0.5, 0.6) is 0 Å². The number of unbranched alkanes of at least 4 members (excludes halogenated alkanes) is 5. The molecule has 0 aliphatic carbocycles. The summed E-state index contributed by atoms with van der Waals surface area (Å²) in [4.78, 5) is 10.3. The monoisotopic (exact) mass is 304 g/mol. The van der Waals surface area contributed by atoms with Gasteiger partial charge in [0.15, 0.2) is 6.29 Å². The molecule has 124 valence electrons. The van der Waals surface area contributed by atoms with Crippen LogP contribution >= 0.6 is 0 Å².